The van der Waals surface area contributed by atoms with Crippen LogP contribution in [0.1, 0.15) is 48.8 Å². The van der Waals surface area contributed by atoms with Gasteiger partial charge in [-0.3, -0.25) is 9.79 Å². The summed E-state index contributed by atoms with van der Waals surface area (Å²) in [5.74, 6) is 2.04. The molecule has 5 rings (SSSR count). The molecule has 7 heteroatoms. The second-order valence-electron chi connectivity index (χ2n) is 9.32. The number of likely N-dealkylation sites (tertiary alicyclic amines) is 1. The van der Waals surface area contributed by atoms with Crippen molar-refractivity contribution in [3.63, 3.8) is 0 Å². The third-order valence-corrected chi connectivity index (χ3v) is 7.32. The zero-order valence-electron chi connectivity index (χ0n) is 19.9. The Bertz CT molecular complexity index is 999. The van der Waals surface area contributed by atoms with Crippen LogP contribution < -0.4 is 10.2 Å². The predicted octanol–water partition coefficient (Wildman–Crippen LogP) is 4.57. The smallest absolute Gasteiger partial charge is 0.222 e. The fourth-order valence-electron chi connectivity index (χ4n) is 5.57. The van der Waals surface area contributed by atoms with Crippen LogP contribution in [0.25, 0.3) is 0 Å². The second-order valence-corrected chi connectivity index (χ2v) is 9.32. The number of hydrogen-bond donors (Lipinski definition) is 1. The molecule has 2 aromatic rings. The van der Waals surface area contributed by atoms with Crippen molar-refractivity contribution >= 4 is 41.5 Å². The van der Waals surface area contributed by atoms with Crippen molar-refractivity contribution in [3.8, 4) is 0 Å². The number of nitrogens with zero attached hydrogens (tertiary/aromatic N) is 3. The molecule has 6 nitrogen and oxygen atoms in total. The van der Waals surface area contributed by atoms with Crippen molar-refractivity contribution in [2.45, 2.75) is 37.7 Å². The third-order valence-electron chi connectivity index (χ3n) is 7.32. The van der Waals surface area contributed by atoms with Crippen LogP contribution in [-0.2, 0) is 9.53 Å². The molecule has 0 aliphatic carbocycles. The SMILES string of the molecule is CN=C(NCC1CCOC1c1ccccc1)N1CC(CCN2CCCC2=O)c2ccccc21.I. The van der Waals surface area contributed by atoms with Gasteiger partial charge >= 0.3 is 0 Å². The van der Waals surface area contributed by atoms with E-state index in [2.05, 4.69) is 69.8 Å². The quantitative estimate of drug-likeness (QED) is 0.312. The molecular formula is C27H35IN4O2. The number of hydrogen-bond acceptors (Lipinski definition) is 3. The van der Waals surface area contributed by atoms with Crippen molar-refractivity contribution in [1.29, 1.82) is 0 Å². The Morgan fingerprint density at radius 1 is 1.15 bits per heavy atom. The average Bonchev–Trinajstić information content (AvgIpc) is 3.58. The van der Waals surface area contributed by atoms with Crippen LogP contribution in [0.2, 0.25) is 0 Å². The van der Waals surface area contributed by atoms with E-state index < -0.39 is 0 Å². The van der Waals surface area contributed by atoms with Gasteiger partial charge in [-0.05, 0) is 36.5 Å². The number of ether oxygens (including phenoxy) is 1. The standard InChI is InChI=1S/C27H34N4O2.HI/c1-28-27(29-18-21-14-17-33-26(21)20-8-3-2-4-9-20)31-19-22(23-10-5-6-11-24(23)31)13-16-30-15-7-12-25(30)32;/h2-6,8-11,21-22,26H,7,12-19H2,1H3,(H,28,29);1H. The number of amides is 1. The topological polar surface area (TPSA) is 57.2 Å². The lowest BCUT2D eigenvalue weighted by molar-refractivity contribution is -0.127. The molecule has 0 spiro atoms. The molecule has 2 aromatic carbocycles. The highest BCUT2D eigenvalue weighted by molar-refractivity contribution is 14.0. The molecular weight excluding hydrogens is 539 g/mol. The number of benzene rings is 2. The summed E-state index contributed by atoms with van der Waals surface area (Å²) in [6.07, 6.45) is 3.87. The number of carbonyl (C=O) groups is 1. The minimum Gasteiger partial charge on any atom is -0.373 e. The molecule has 1 amide bonds. The maximum atomic E-state index is 12.1. The molecule has 0 radical (unpaired) electrons. The van der Waals surface area contributed by atoms with Crippen LogP contribution >= 0.6 is 24.0 Å². The van der Waals surface area contributed by atoms with Gasteiger partial charge in [0.15, 0.2) is 5.96 Å². The number of nitrogens with one attached hydrogen (secondary N) is 1. The highest BCUT2D eigenvalue weighted by atomic mass is 127. The molecule has 3 atom stereocenters. The van der Waals surface area contributed by atoms with Crippen molar-refractivity contribution in [2.24, 2.45) is 10.9 Å². The molecule has 182 valence electrons. The average molecular weight is 575 g/mol. The highest BCUT2D eigenvalue weighted by Crippen LogP contribution is 2.39. The van der Waals surface area contributed by atoms with Gasteiger partial charge in [0.05, 0.1) is 6.10 Å². The lowest BCUT2D eigenvalue weighted by Crippen LogP contribution is -2.43. The lowest BCUT2D eigenvalue weighted by atomic mass is 9.95. The monoisotopic (exact) mass is 574 g/mol. The Kier molecular flexibility index (Phi) is 8.47. The van der Waals surface area contributed by atoms with E-state index in [1.54, 1.807) is 0 Å². The zero-order valence-corrected chi connectivity index (χ0v) is 22.2. The molecule has 3 aliphatic rings. The van der Waals surface area contributed by atoms with Gasteiger partial charge in [0.2, 0.25) is 5.91 Å². The first-order valence-electron chi connectivity index (χ1n) is 12.3. The molecule has 0 bridgehead atoms. The van der Waals surface area contributed by atoms with Crippen molar-refractivity contribution in [2.75, 3.05) is 44.7 Å². The van der Waals surface area contributed by atoms with E-state index in [9.17, 15) is 4.79 Å². The molecule has 34 heavy (non-hydrogen) atoms. The second kappa shape index (κ2) is 11.5. The van der Waals surface area contributed by atoms with Gasteiger partial charge in [0.1, 0.15) is 0 Å². The molecule has 2 saturated heterocycles. The van der Waals surface area contributed by atoms with Crippen LogP contribution in [0, 0.1) is 5.92 Å². The Labute approximate surface area is 219 Å². The molecule has 2 fully saturated rings. The van der Waals surface area contributed by atoms with E-state index in [1.807, 2.05) is 11.9 Å². The largest absolute Gasteiger partial charge is 0.373 e. The number of carbonyl (C=O) groups excluding carboxylic acids is 1. The molecule has 3 aliphatic heterocycles. The van der Waals surface area contributed by atoms with Crippen LogP contribution in [0.5, 0.6) is 0 Å². The van der Waals surface area contributed by atoms with Crippen LogP contribution in [-0.4, -0.2) is 56.6 Å². The summed E-state index contributed by atoms with van der Waals surface area (Å²) < 4.78 is 6.08. The number of aliphatic imine (C=N–C) groups is 1. The molecule has 0 aromatic heterocycles. The summed E-state index contributed by atoms with van der Waals surface area (Å²) in [4.78, 5) is 21.0. The summed E-state index contributed by atoms with van der Waals surface area (Å²) in [5, 5.41) is 3.65. The van der Waals surface area contributed by atoms with Crippen LogP contribution in [0.4, 0.5) is 5.69 Å². The van der Waals surface area contributed by atoms with Crippen molar-refractivity contribution in [3.05, 3.63) is 65.7 Å². The number of guanidine groups is 1. The normalized spacial score (nSPS) is 24.3. The van der Waals surface area contributed by atoms with Gasteiger partial charge in [0, 0.05) is 63.8 Å². The Hall–Kier alpha value is -2.13. The van der Waals surface area contributed by atoms with Gasteiger partial charge in [-0.25, -0.2) is 0 Å². The fraction of sp³-hybridized carbons (Fsp3) is 0.481. The maximum absolute atomic E-state index is 12.1. The first kappa shape index (κ1) is 25.0. The van der Waals surface area contributed by atoms with Crippen molar-refractivity contribution < 1.29 is 9.53 Å². The molecule has 3 heterocycles. The van der Waals surface area contributed by atoms with E-state index in [0.717, 1.165) is 58.0 Å². The van der Waals surface area contributed by atoms with Gasteiger partial charge in [-0.2, -0.15) is 0 Å². The van der Waals surface area contributed by atoms with Crippen molar-refractivity contribution in [1.82, 2.24) is 10.2 Å². The summed E-state index contributed by atoms with van der Waals surface area (Å²) in [5.41, 5.74) is 3.84. The maximum Gasteiger partial charge on any atom is 0.222 e. The Morgan fingerprint density at radius 2 is 1.94 bits per heavy atom. The number of rotatable bonds is 6. The minimum absolute atomic E-state index is 0. The number of anilines is 1. The van der Waals surface area contributed by atoms with Gasteiger partial charge in [-0.15, -0.1) is 24.0 Å². The van der Waals surface area contributed by atoms with E-state index in [0.29, 0.717) is 24.2 Å². The van der Waals surface area contributed by atoms with E-state index in [1.165, 1.54) is 16.8 Å². The first-order chi connectivity index (χ1) is 16.2. The van der Waals surface area contributed by atoms with E-state index in [-0.39, 0.29) is 30.1 Å². The summed E-state index contributed by atoms with van der Waals surface area (Å²) in [6.45, 7) is 4.28. The minimum atomic E-state index is 0. The summed E-state index contributed by atoms with van der Waals surface area (Å²) >= 11 is 0. The van der Waals surface area contributed by atoms with Crippen LogP contribution in [0.3, 0.4) is 0 Å². The lowest BCUT2D eigenvalue weighted by Gasteiger charge is -2.26. The van der Waals surface area contributed by atoms with E-state index in [4.69, 9.17) is 4.74 Å². The fourth-order valence-corrected chi connectivity index (χ4v) is 5.57. The zero-order chi connectivity index (χ0) is 22.6. The Balaban J connectivity index is 0.00000274. The number of halogens is 1. The summed E-state index contributed by atoms with van der Waals surface area (Å²) in [7, 11) is 1.86. The number of para-hydroxylation sites is 1. The van der Waals surface area contributed by atoms with E-state index >= 15 is 0 Å². The third kappa shape index (κ3) is 5.25. The van der Waals surface area contributed by atoms with Gasteiger partial charge in [0.25, 0.3) is 0 Å². The molecule has 1 N–H and O–H groups in total. The predicted molar refractivity (Wildman–Crippen MR) is 147 cm³/mol. The Morgan fingerprint density at radius 3 is 2.71 bits per heavy atom. The molecule has 3 unspecified atom stereocenters. The first-order valence-corrected chi connectivity index (χ1v) is 12.3. The van der Waals surface area contributed by atoms with Crippen LogP contribution in [0.15, 0.2) is 59.6 Å². The highest BCUT2D eigenvalue weighted by Gasteiger charge is 2.34. The summed E-state index contributed by atoms with van der Waals surface area (Å²) in [6, 6.07) is 19.2. The molecule has 0 saturated carbocycles. The van der Waals surface area contributed by atoms with Gasteiger partial charge in [-0.1, -0.05) is 48.5 Å². The van der Waals surface area contributed by atoms with Gasteiger partial charge < -0.3 is 19.9 Å². The number of fused-ring (bicyclic) bond motifs is 1.